The van der Waals surface area contributed by atoms with E-state index >= 15 is 0 Å². The third kappa shape index (κ3) is 3.30. The zero-order valence-corrected chi connectivity index (χ0v) is 10.6. The predicted molar refractivity (Wildman–Crippen MR) is 64.2 cm³/mol. The number of rotatable bonds is 7. The Morgan fingerprint density at radius 1 is 1.25 bits per heavy atom. The maximum absolute atomic E-state index is 9.17. The lowest BCUT2D eigenvalue weighted by atomic mass is 10.1. The highest BCUT2D eigenvalue weighted by Crippen LogP contribution is 2.18. The summed E-state index contributed by atoms with van der Waals surface area (Å²) in [5, 5.41) is 17.3. The van der Waals surface area contributed by atoms with E-state index in [1.54, 1.807) is 0 Å². The second-order valence-electron chi connectivity index (χ2n) is 4.52. The zero-order valence-electron chi connectivity index (χ0n) is 10.6. The molecule has 0 fully saturated rings. The van der Waals surface area contributed by atoms with Gasteiger partial charge in [-0.25, -0.2) is 4.68 Å². The van der Waals surface area contributed by atoms with Crippen LogP contribution in [0.25, 0.3) is 0 Å². The third-order valence-corrected chi connectivity index (χ3v) is 2.77. The summed E-state index contributed by atoms with van der Waals surface area (Å²) in [5.41, 5.74) is 1.81. The average Bonchev–Trinajstić information content (AvgIpc) is 2.67. The molecule has 0 aliphatic rings. The minimum Gasteiger partial charge on any atom is -0.390 e. The number of aromatic nitrogens is 3. The Hall–Kier alpha value is -0.900. The first-order valence-electron chi connectivity index (χ1n) is 6.23. The Labute approximate surface area is 97.7 Å². The highest BCUT2D eigenvalue weighted by molar-refractivity contribution is 5.13. The molecule has 0 atom stereocenters. The molecule has 16 heavy (non-hydrogen) atoms. The van der Waals surface area contributed by atoms with Gasteiger partial charge in [-0.2, -0.15) is 0 Å². The minimum absolute atomic E-state index is 0.0114. The molecule has 92 valence electrons. The molecule has 0 aliphatic carbocycles. The van der Waals surface area contributed by atoms with E-state index in [0.29, 0.717) is 5.92 Å². The lowest BCUT2D eigenvalue weighted by molar-refractivity contribution is 0.275. The molecule has 4 nitrogen and oxygen atoms in total. The number of nitrogens with zero attached hydrogens (tertiary/aromatic N) is 3. The number of aryl methyl sites for hydroxylation is 1. The second kappa shape index (κ2) is 6.63. The smallest absolute Gasteiger partial charge is 0.112 e. The van der Waals surface area contributed by atoms with Crippen molar-refractivity contribution >= 4 is 0 Å². The van der Waals surface area contributed by atoms with E-state index in [1.807, 2.05) is 4.68 Å². The summed E-state index contributed by atoms with van der Waals surface area (Å²) in [6.45, 7) is 7.34. The van der Waals surface area contributed by atoms with Crippen LogP contribution < -0.4 is 0 Å². The van der Waals surface area contributed by atoms with Crippen LogP contribution in [-0.2, 0) is 13.2 Å². The summed E-state index contributed by atoms with van der Waals surface area (Å²) in [5.74, 6) is 0.364. The summed E-state index contributed by atoms with van der Waals surface area (Å²) in [7, 11) is 0. The number of hydrogen-bond donors (Lipinski definition) is 1. The van der Waals surface area contributed by atoms with Gasteiger partial charge in [0.15, 0.2) is 0 Å². The first-order valence-corrected chi connectivity index (χ1v) is 6.23. The predicted octanol–water partition coefficient (Wildman–Crippen LogP) is 2.47. The molecule has 1 heterocycles. The van der Waals surface area contributed by atoms with Gasteiger partial charge >= 0.3 is 0 Å². The van der Waals surface area contributed by atoms with Gasteiger partial charge in [0.2, 0.25) is 0 Å². The van der Waals surface area contributed by atoms with E-state index < -0.39 is 0 Å². The van der Waals surface area contributed by atoms with Crippen LogP contribution in [0.1, 0.15) is 63.8 Å². The fourth-order valence-corrected chi connectivity index (χ4v) is 1.95. The number of unbranched alkanes of at least 4 members (excludes halogenated alkanes) is 3. The minimum atomic E-state index is -0.0114. The van der Waals surface area contributed by atoms with Crippen molar-refractivity contribution in [1.82, 2.24) is 15.0 Å². The molecule has 0 unspecified atom stereocenters. The molecule has 4 heteroatoms. The lowest BCUT2D eigenvalue weighted by Crippen LogP contribution is -2.08. The van der Waals surface area contributed by atoms with Crippen LogP contribution in [0, 0.1) is 0 Å². The average molecular weight is 225 g/mol. The molecule has 0 saturated heterocycles. The summed E-state index contributed by atoms with van der Waals surface area (Å²) >= 11 is 0. The molecule has 0 saturated carbocycles. The van der Waals surface area contributed by atoms with Gasteiger partial charge in [0, 0.05) is 6.54 Å². The molecule has 1 rings (SSSR count). The molecule has 0 bridgehead atoms. The maximum atomic E-state index is 9.17. The van der Waals surface area contributed by atoms with Crippen LogP contribution in [0.5, 0.6) is 0 Å². The van der Waals surface area contributed by atoms with Crippen LogP contribution in [0.15, 0.2) is 0 Å². The standard InChI is InChI=1S/C12H23N3O/c1-4-5-6-7-8-15-12(10(2)3)11(9-16)13-14-15/h10,16H,4-9H2,1-3H3. The Balaban J connectivity index is 2.61. The zero-order chi connectivity index (χ0) is 12.0. The molecule has 1 N–H and O–H groups in total. The summed E-state index contributed by atoms with van der Waals surface area (Å²) in [6, 6.07) is 0. The van der Waals surface area contributed by atoms with Crippen molar-refractivity contribution in [2.45, 2.75) is 65.5 Å². The van der Waals surface area contributed by atoms with Crippen LogP contribution in [-0.4, -0.2) is 20.1 Å². The fourth-order valence-electron chi connectivity index (χ4n) is 1.95. The number of aliphatic hydroxyl groups excluding tert-OH is 1. The van der Waals surface area contributed by atoms with Gasteiger partial charge in [-0.3, -0.25) is 0 Å². The van der Waals surface area contributed by atoms with Crippen LogP contribution in [0.3, 0.4) is 0 Å². The van der Waals surface area contributed by atoms with Gasteiger partial charge in [0.05, 0.1) is 12.3 Å². The van der Waals surface area contributed by atoms with Gasteiger partial charge < -0.3 is 5.11 Å². The molecule has 1 aromatic heterocycles. The topological polar surface area (TPSA) is 50.9 Å². The van der Waals surface area contributed by atoms with E-state index in [-0.39, 0.29) is 6.61 Å². The normalized spacial score (nSPS) is 11.3. The van der Waals surface area contributed by atoms with E-state index in [4.69, 9.17) is 0 Å². The molecule has 1 aromatic rings. The fraction of sp³-hybridized carbons (Fsp3) is 0.833. The van der Waals surface area contributed by atoms with Gasteiger partial charge in [-0.05, 0) is 12.3 Å². The van der Waals surface area contributed by atoms with E-state index in [1.165, 1.54) is 19.3 Å². The quantitative estimate of drug-likeness (QED) is 0.725. The van der Waals surface area contributed by atoms with Crippen molar-refractivity contribution in [3.8, 4) is 0 Å². The van der Waals surface area contributed by atoms with Crippen molar-refractivity contribution in [2.75, 3.05) is 0 Å². The van der Waals surface area contributed by atoms with Gasteiger partial charge in [0.1, 0.15) is 5.69 Å². The van der Waals surface area contributed by atoms with Crippen LogP contribution >= 0.6 is 0 Å². The van der Waals surface area contributed by atoms with E-state index in [9.17, 15) is 5.11 Å². The lowest BCUT2D eigenvalue weighted by Gasteiger charge is -2.10. The van der Waals surface area contributed by atoms with Crippen molar-refractivity contribution < 1.29 is 5.11 Å². The Morgan fingerprint density at radius 2 is 2.00 bits per heavy atom. The first kappa shape index (κ1) is 13.2. The van der Waals surface area contributed by atoms with Crippen molar-refractivity contribution in [1.29, 1.82) is 0 Å². The monoisotopic (exact) mass is 225 g/mol. The van der Waals surface area contributed by atoms with Gasteiger partial charge in [-0.15, -0.1) is 5.10 Å². The molecule has 0 radical (unpaired) electrons. The van der Waals surface area contributed by atoms with Crippen LogP contribution in [0.4, 0.5) is 0 Å². The molecule has 0 aromatic carbocycles. The third-order valence-electron chi connectivity index (χ3n) is 2.77. The van der Waals surface area contributed by atoms with Gasteiger partial charge in [-0.1, -0.05) is 45.2 Å². The SMILES string of the molecule is CCCCCCn1nnc(CO)c1C(C)C. The van der Waals surface area contributed by atoms with Gasteiger partial charge in [0.25, 0.3) is 0 Å². The van der Waals surface area contributed by atoms with Crippen molar-refractivity contribution in [3.63, 3.8) is 0 Å². The molecule has 0 aliphatic heterocycles. The van der Waals surface area contributed by atoms with E-state index in [2.05, 4.69) is 31.1 Å². The van der Waals surface area contributed by atoms with Crippen LogP contribution in [0.2, 0.25) is 0 Å². The second-order valence-corrected chi connectivity index (χ2v) is 4.52. The van der Waals surface area contributed by atoms with Crippen molar-refractivity contribution in [2.24, 2.45) is 0 Å². The Morgan fingerprint density at radius 3 is 2.56 bits per heavy atom. The molecular formula is C12H23N3O. The summed E-state index contributed by atoms with van der Waals surface area (Å²) in [4.78, 5) is 0. The Kier molecular flexibility index (Phi) is 5.46. The number of hydrogen-bond acceptors (Lipinski definition) is 3. The molecule has 0 spiro atoms. The van der Waals surface area contributed by atoms with Crippen molar-refractivity contribution in [3.05, 3.63) is 11.4 Å². The van der Waals surface area contributed by atoms with E-state index in [0.717, 1.165) is 24.4 Å². The largest absolute Gasteiger partial charge is 0.390 e. The highest BCUT2D eigenvalue weighted by Gasteiger charge is 2.14. The molecule has 0 amide bonds. The first-order chi connectivity index (χ1) is 7.70. The highest BCUT2D eigenvalue weighted by atomic mass is 16.3. The Bertz CT molecular complexity index is 307. The molecular weight excluding hydrogens is 202 g/mol. The summed E-state index contributed by atoms with van der Waals surface area (Å²) < 4.78 is 1.95. The maximum Gasteiger partial charge on any atom is 0.112 e. The summed E-state index contributed by atoms with van der Waals surface area (Å²) in [6.07, 6.45) is 4.90. The number of aliphatic hydroxyl groups is 1.